The van der Waals surface area contributed by atoms with Crippen LogP contribution in [0.25, 0.3) is 98.4 Å². The van der Waals surface area contributed by atoms with E-state index >= 15 is 0 Å². The summed E-state index contributed by atoms with van der Waals surface area (Å²) in [5, 5.41) is 12.2. The molecule has 0 aliphatic heterocycles. The van der Waals surface area contributed by atoms with Crippen LogP contribution in [-0.2, 0) is 0 Å². The summed E-state index contributed by atoms with van der Waals surface area (Å²) in [4.78, 5) is 2.38. The normalized spacial score (nSPS) is 11.7. The van der Waals surface area contributed by atoms with E-state index in [9.17, 15) is 0 Å². The third kappa shape index (κ3) is 5.57. The van der Waals surface area contributed by atoms with E-state index in [1.54, 1.807) is 0 Å². The lowest BCUT2D eigenvalue weighted by Gasteiger charge is -2.26. The minimum atomic E-state index is 0.914. The highest BCUT2D eigenvalue weighted by atomic mass is 16.3. The maximum absolute atomic E-state index is 6.39. The molecule has 280 valence electrons. The molecule has 0 aliphatic rings. The molecule has 0 unspecified atom stereocenters. The Morgan fingerprint density at radius 3 is 1.58 bits per heavy atom. The van der Waals surface area contributed by atoms with Gasteiger partial charge in [-0.25, -0.2) is 0 Å². The first-order valence-electron chi connectivity index (χ1n) is 20.6. The molecule has 0 fully saturated rings. The summed E-state index contributed by atoms with van der Waals surface area (Å²) < 4.78 is 6.39. The van der Waals surface area contributed by atoms with Crippen molar-refractivity contribution in [3.63, 3.8) is 0 Å². The molecular formula is C58H37NO. The van der Waals surface area contributed by atoms with Crippen molar-refractivity contribution in [1.82, 2.24) is 0 Å². The Morgan fingerprint density at radius 2 is 0.817 bits per heavy atom. The van der Waals surface area contributed by atoms with Crippen molar-refractivity contribution >= 4 is 82.1 Å². The molecule has 2 nitrogen and oxygen atoms in total. The number of hydrogen-bond donors (Lipinski definition) is 0. The predicted molar refractivity (Wildman–Crippen MR) is 255 cm³/mol. The molecule has 60 heavy (non-hydrogen) atoms. The van der Waals surface area contributed by atoms with Gasteiger partial charge in [-0.2, -0.15) is 0 Å². The minimum absolute atomic E-state index is 0.914. The second kappa shape index (κ2) is 13.9. The van der Waals surface area contributed by atoms with E-state index in [1.807, 2.05) is 6.07 Å². The number of benzene rings is 11. The third-order valence-electron chi connectivity index (χ3n) is 12.2. The molecule has 12 aromatic rings. The molecule has 1 heterocycles. The van der Waals surface area contributed by atoms with E-state index in [4.69, 9.17) is 4.42 Å². The van der Waals surface area contributed by atoms with Crippen molar-refractivity contribution in [3.8, 4) is 33.4 Å². The molecule has 0 saturated heterocycles. The Bertz CT molecular complexity index is 3550. The smallest absolute Gasteiger partial charge is 0.136 e. The molecule has 0 N–H and O–H groups in total. The van der Waals surface area contributed by atoms with Gasteiger partial charge >= 0.3 is 0 Å². The van der Waals surface area contributed by atoms with Crippen molar-refractivity contribution in [2.24, 2.45) is 0 Å². The monoisotopic (exact) mass is 763 g/mol. The fourth-order valence-corrected chi connectivity index (χ4v) is 9.41. The number of fused-ring (bicyclic) bond motifs is 11. The Morgan fingerprint density at radius 1 is 0.267 bits per heavy atom. The van der Waals surface area contributed by atoms with E-state index in [2.05, 4.69) is 223 Å². The SMILES string of the molecule is c1ccc(-c2ccc(N(c3ccc(-c4ccc5ccccc5c4)cc3)c3cccc(-c4cccc5c6ccc7oc8ccccc8c7c6c6ccccc6c45)c3)cc2)cc1. The lowest BCUT2D eigenvalue weighted by molar-refractivity contribution is 0.669. The lowest BCUT2D eigenvalue weighted by Crippen LogP contribution is -2.10. The first kappa shape index (κ1) is 34.1. The largest absolute Gasteiger partial charge is 0.456 e. The van der Waals surface area contributed by atoms with E-state index in [1.165, 1.54) is 76.3 Å². The van der Waals surface area contributed by atoms with Gasteiger partial charge in [0.25, 0.3) is 0 Å². The molecule has 0 amide bonds. The molecule has 0 aliphatic carbocycles. The highest BCUT2D eigenvalue weighted by Gasteiger charge is 2.19. The number of nitrogens with zero attached hydrogens (tertiary/aromatic N) is 1. The van der Waals surface area contributed by atoms with Gasteiger partial charge in [0.2, 0.25) is 0 Å². The van der Waals surface area contributed by atoms with Crippen LogP contribution in [0, 0.1) is 0 Å². The summed E-state index contributed by atoms with van der Waals surface area (Å²) in [5.41, 5.74) is 12.3. The Kier molecular flexibility index (Phi) is 7.89. The van der Waals surface area contributed by atoms with E-state index in [0.717, 1.165) is 39.2 Å². The average Bonchev–Trinajstić information content (AvgIpc) is 3.71. The predicted octanol–water partition coefficient (Wildman–Crippen LogP) is 16.7. The summed E-state index contributed by atoms with van der Waals surface area (Å²) in [7, 11) is 0. The average molecular weight is 764 g/mol. The first-order chi connectivity index (χ1) is 29.7. The summed E-state index contributed by atoms with van der Waals surface area (Å²) in [6.07, 6.45) is 0. The quantitative estimate of drug-likeness (QED) is 0.157. The van der Waals surface area contributed by atoms with Crippen LogP contribution < -0.4 is 4.90 Å². The second-order valence-corrected chi connectivity index (χ2v) is 15.6. The third-order valence-corrected chi connectivity index (χ3v) is 12.2. The molecule has 0 atom stereocenters. The van der Waals surface area contributed by atoms with Crippen LogP contribution in [-0.4, -0.2) is 0 Å². The van der Waals surface area contributed by atoms with Gasteiger partial charge in [0.1, 0.15) is 11.2 Å². The summed E-state index contributed by atoms with van der Waals surface area (Å²) in [6.45, 7) is 0. The van der Waals surface area contributed by atoms with Gasteiger partial charge in [0, 0.05) is 33.2 Å². The van der Waals surface area contributed by atoms with Crippen LogP contribution in [0.3, 0.4) is 0 Å². The highest BCUT2D eigenvalue weighted by Crippen LogP contribution is 2.46. The molecule has 0 spiro atoms. The van der Waals surface area contributed by atoms with Crippen molar-refractivity contribution in [2.45, 2.75) is 0 Å². The molecule has 0 radical (unpaired) electrons. The van der Waals surface area contributed by atoms with Crippen LogP contribution in [0.5, 0.6) is 0 Å². The van der Waals surface area contributed by atoms with Gasteiger partial charge in [-0.15, -0.1) is 0 Å². The molecule has 0 bridgehead atoms. The number of rotatable bonds is 6. The van der Waals surface area contributed by atoms with E-state index in [-0.39, 0.29) is 0 Å². The van der Waals surface area contributed by atoms with Crippen molar-refractivity contribution < 1.29 is 4.42 Å². The van der Waals surface area contributed by atoms with Crippen molar-refractivity contribution in [1.29, 1.82) is 0 Å². The van der Waals surface area contributed by atoms with Gasteiger partial charge in [-0.3, -0.25) is 0 Å². The molecule has 11 aromatic carbocycles. The molecule has 0 saturated carbocycles. The molecule has 12 rings (SSSR count). The standard InChI is InChI=1S/C58H37NO/c1-2-12-38(13-3-1)40-26-30-45(31-27-40)59(46-32-28-41(29-33-46)43-25-24-39-14-4-5-15-42(39)36-43)47-17-10-16-44(37-47)48-21-11-22-50-52-34-35-55-58(53-20-8-9-23-54(53)60-55)57(52)51-19-7-6-18-49(51)56(48)50/h1-37H. The first-order valence-corrected chi connectivity index (χ1v) is 20.6. The van der Waals surface area contributed by atoms with Crippen LogP contribution in [0.15, 0.2) is 229 Å². The molecule has 1 aromatic heterocycles. The van der Waals surface area contributed by atoms with Gasteiger partial charge in [0.05, 0.1) is 0 Å². The number of furan rings is 1. The number of anilines is 3. The van der Waals surface area contributed by atoms with Crippen LogP contribution in [0.4, 0.5) is 17.1 Å². The summed E-state index contributed by atoms with van der Waals surface area (Å²) in [6, 6.07) is 81.2. The van der Waals surface area contributed by atoms with Crippen molar-refractivity contribution in [3.05, 3.63) is 224 Å². The Balaban J connectivity index is 1.03. The van der Waals surface area contributed by atoms with E-state index < -0.39 is 0 Å². The van der Waals surface area contributed by atoms with E-state index in [0.29, 0.717) is 0 Å². The van der Waals surface area contributed by atoms with Gasteiger partial charge in [-0.1, -0.05) is 164 Å². The van der Waals surface area contributed by atoms with Crippen LogP contribution in [0.2, 0.25) is 0 Å². The van der Waals surface area contributed by atoms with Crippen molar-refractivity contribution in [2.75, 3.05) is 4.90 Å². The zero-order valence-corrected chi connectivity index (χ0v) is 32.7. The van der Waals surface area contributed by atoms with Gasteiger partial charge < -0.3 is 9.32 Å². The maximum atomic E-state index is 6.39. The second-order valence-electron chi connectivity index (χ2n) is 15.6. The number of para-hydroxylation sites is 1. The van der Waals surface area contributed by atoms with Gasteiger partial charge in [-0.05, 0) is 132 Å². The number of hydrogen-bond acceptors (Lipinski definition) is 2. The summed E-state index contributed by atoms with van der Waals surface area (Å²) in [5.74, 6) is 0. The van der Waals surface area contributed by atoms with Crippen LogP contribution >= 0.6 is 0 Å². The van der Waals surface area contributed by atoms with Crippen LogP contribution in [0.1, 0.15) is 0 Å². The minimum Gasteiger partial charge on any atom is -0.456 e. The highest BCUT2D eigenvalue weighted by molar-refractivity contribution is 6.36. The topological polar surface area (TPSA) is 16.4 Å². The molecule has 2 heteroatoms. The molecular weight excluding hydrogens is 727 g/mol. The zero-order chi connectivity index (χ0) is 39.6. The Hall–Kier alpha value is -7.94. The fraction of sp³-hybridized carbons (Fsp3) is 0. The van der Waals surface area contributed by atoms with Gasteiger partial charge in [0.15, 0.2) is 0 Å². The fourth-order valence-electron chi connectivity index (χ4n) is 9.41. The zero-order valence-electron chi connectivity index (χ0n) is 32.7. The summed E-state index contributed by atoms with van der Waals surface area (Å²) >= 11 is 0. The maximum Gasteiger partial charge on any atom is 0.136 e. The Labute approximate surface area is 347 Å². The lowest BCUT2D eigenvalue weighted by atomic mass is 9.88.